The molecule has 2 aromatic heterocycles. The number of hydrogen-bond donors (Lipinski definition) is 2. The number of nitrogens with one attached hydrogen (secondary N) is 1. The van der Waals surface area contributed by atoms with Crippen molar-refractivity contribution in [3.05, 3.63) is 35.2 Å². The molecule has 0 saturated heterocycles. The summed E-state index contributed by atoms with van der Waals surface area (Å²) in [5, 5.41) is 12.2. The SMILES string of the molecule is CN(CC(=O)NC(C)(C)C)c1nc(-c2cc(CCO)ccn2)nc2c1CCC2. The molecular formula is C21H29N5O2. The quantitative estimate of drug-likeness (QED) is 0.792. The van der Waals surface area contributed by atoms with Crippen LogP contribution in [-0.2, 0) is 24.1 Å². The molecule has 0 unspecified atom stereocenters. The lowest BCUT2D eigenvalue weighted by Gasteiger charge is -2.25. The molecule has 0 radical (unpaired) electrons. The standard InChI is InChI=1S/C21H29N5O2/c1-21(2,3)25-18(28)13-26(4)20-15-6-5-7-16(15)23-19(24-20)17-12-14(9-11-27)8-10-22-17/h8,10,12,27H,5-7,9,11,13H2,1-4H3,(H,25,28). The molecule has 2 heterocycles. The Morgan fingerprint density at radius 3 is 2.79 bits per heavy atom. The fourth-order valence-electron chi connectivity index (χ4n) is 3.47. The molecule has 1 aliphatic carbocycles. The Balaban J connectivity index is 1.91. The van der Waals surface area contributed by atoms with Gasteiger partial charge in [-0.1, -0.05) is 0 Å². The Morgan fingerprint density at radius 1 is 1.29 bits per heavy atom. The summed E-state index contributed by atoms with van der Waals surface area (Å²) >= 11 is 0. The third-order valence-corrected chi connectivity index (χ3v) is 4.62. The Hall–Kier alpha value is -2.54. The molecule has 2 aromatic rings. The number of aliphatic hydroxyl groups is 1. The average Bonchev–Trinajstić information content (AvgIpc) is 3.08. The first-order valence-electron chi connectivity index (χ1n) is 9.75. The number of carbonyl (C=O) groups is 1. The number of carbonyl (C=O) groups excluding carboxylic acids is 1. The number of aryl methyl sites for hydroxylation is 1. The van der Waals surface area contributed by atoms with E-state index in [0.29, 0.717) is 17.9 Å². The minimum Gasteiger partial charge on any atom is -0.396 e. The van der Waals surface area contributed by atoms with Crippen LogP contribution in [0.25, 0.3) is 11.5 Å². The van der Waals surface area contributed by atoms with Crippen LogP contribution in [0.3, 0.4) is 0 Å². The predicted molar refractivity (Wildman–Crippen MR) is 109 cm³/mol. The Kier molecular flexibility index (Phi) is 5.93. The first-order chi connectivity index (χ1) is 13.3. The van der Waals surface area contributed by atoms with Crippen LogP contribution in [0.15, 0.2) is 18.3 Å². The van der Waals surface area contributed by atoms with Gasteiger partial charge in [-0.15, -0.1) is 0 Å². The van der Waals surface area contributed by atoms with Gasteiger partial charge in [-0.25, -0.2) is 9.97 Å². The van der Waals surface area contributed by atoms with E-state index in [9.17, 15) is 9.90 Å². The van der Waals surface area contributed by atoms with Crippen LogP contribution in [0.1, 0.15) is 44.0 Å². The van der Waals surface area contributed by atoms with Gasteiger partial charge in [0.2, 0.25) is 5.91 Å². The van der Waals surface area contributed by atoms with Crippen molar-refractivity contribution in [2.75, 3.05) is 25.1 Å². The molecule has 0 spiro atoms. The van der Waals surface area contributed by atoms with Gasteiger partial charge in [0.05, 0.1) is 6.54 Å². The highest BCUT2D eigenvalue weighted by atomic mass is 16.3. The number of pyridine rings is 1. The molecule has 7 nitrogen and oxygen atoms in total. The summed E-state index contributed by atoms with van der Waals surface area (Å²) < 4.78 is 0. The summed E-state index contributed by atoms with van der Waals surface area (Å²) in [6.45, 7) is 6.23. The third-order valence-electron chi connectivity index (χ3n) is 4.62. The van der Waals surface area contributed by atoms with Crippen molar-refractivity contribution < 1.29 is 9.90 Å². The summed E-state index contributed by atoms with van der Waals surface area (Å²) in [5.74, 6) is 1.33. The minimum absolute atomic E-state index is 0.0371. The summed E-state index contributed by atoms with van der Waals surface area (Å²) in [6, 6.07) is 3.81. The van der Waals surface area contributed by atoms with Crippen LogP contribution < -0.4 is 10.2 Å². The number of aromatic nitrogens is 3. The zero-order valence-corrected chi connectivity index (χ0v) is 17.1. The lowest BCUT2D eigenvalue weighted by Crippen LogP contribution is -2.45. The highest BCUT2D eigenvalue weighted by molar-refractivity contribution is 5.82. The van der Waals surface area contributed by atoms with Crippen molar-refractivity contribution in [3.8, 4) is 11.5 Å². The van der Waals surface area contributed by atoms with E-state index in [4.69, 9.17) is 9.97 Å². The molecule has 7 heteroatoms. The molecule has 0 atom stereocenters. The van der Waals surface area contributed by atoms with E-state index in [1.165, 1.54) is 0 Å². The van der Waals surface area contributed by atoms with E-state index in [1.807, 2.05) is 44.9 Å². The molecule has 28 heavy (non-hydrogen) atoms. The van der Waals surface area contributed by atoms with Gasteiger partial charge in [-0.3, -0.25) is 9.78 Å². The number of fused-ring (bicyclic) bond motifs is 1. The molecule has 0 saturated carbocycles. The summed E-state index contributed by atoms with van der Waals surface area (Å²) in [4.78, 5) is 28.2. The summed E-state index contributed by atoms with van der Waals surface area (Å²) in [6.07, 6.45) is 5.17. The van der Waals surface area contributed by atoms with E-state index in [-0.39, 0.29) is 24.6 Å². The van der Waals surface area contributed by atoms with Crippen molar-refractivity contribution in [1.29, 1.82) is 0 Å². The highest BCUT2D eigenvalue weighted by Gasteiger charge is 2.24. The monoisotopic (exact) mass is 383 g/mol. The third kappa shape index (κ3) is 4.84. The lowest BCUT2D eigenvalue weighted by atomic mass is 10.1. The van der Waals surface area contributed by atoms with E-state index >= 15 is 0 Å². The van der Waals surface area contributed by atoms with E-state index in [2.05, 4.69) is 10.3 Å². The van der Waals surface area contributed by atoms with E-state index in [0.717, 1.165) is 41.9 Å². The molecule has 1 aliphatic rings. The maximum atomic E-state index is 12.4. The number of hydrogen-bond acceptors (Lipinski definition) is 6. The number of likely N-dealkylation sites (N-methyl/N-ethyl adjacent to an activating group) is 1. The lowest BCUT2D eigenvalue weighted by molar-refractivity contribution is -0.121. The van der Waals surface area contributed by atoms with Gasteiger partial charge in [-0.2, -0.15) is 0 Å². The van der Waals surface area contributed by atoms with Gasteiger partial charge >= 0.3 is 0 Å². The van der Waals surface area contributed by atoms with Gasteiger partial charge < -0.3 is 15.3 Å². The molecule has 2 N–H and O–H groups in total. The maximum absolute atomic E-state index is 12.4. The fourth-order valence-corrected chi connectivity index (χ4v) is 3.47. The van der Waals surface area contributed by atoms with Crippen LogP contribution in [0.4, 0.5) is 5.82 Å². The molecular weight excluding hydrogens is 354 g/mol. The second-order valence-corrected chi connectivity index (χ2v) is 8.33. The maximum Gasteiger partial charge on any atom is 0.239 e. The van der Waals surface area contributed by atoms with Gasteiger partial charge in [0.25, 0.3) is 0 Å². The molecule has 3 rings (SSSR count). The van der Waals surface area contributed by atoms with Gasteiger partial charge in [0.1, 0.15) is 11.5 Å². The number of aliphatic hydroxyl groups excluding tert-OH is 1. The fraction of sp³-hybridized carbons (Fsp3) is 0.524. The topological polar surface area (TPSA) is 91.2 Å². The Bertz CT molecular complexity index is 860. The summed E-state index contributed by atoms with van der Waals surface area (Å²) in [7, 11) is 1.89. The van der Waals surface area contributed by atoms with Gasteiger partial charge in [0, 0.05) is 36.6 Å². The van der Waals surface area contributed by atoms with Crippen molar-refractivity contribution in [2.24, 2.45) is 0 Å². The molecule has 0 bridgehead atoms. The second-order valence-electron chi connectivity index (χ2n) is 8.33. The largest absolute Gasteiger partial charge is 0.396 e. The van der Waals surface area contributed by atoms with Crippen LogP contribution in [-0.4, -0.2) is 51.7 Å². The van der Waals surface area contributed by atoms with Gasteiger partial charge in [0.15, 0.2) is 5.82 Å². The molecule has 1 amide bonds. The Morgan fingerprint density at radius 2 is 2.07 bits per heavy atom. The number of anilines is 1. The Labute approximate surface area is 166 Å². The van der Waals surface area contributed by atoms with Crippen molar-refractivity contribution in [2.45, 2.75) is 52.0 Å². The van der Waals surface area contributed by atoms with Crippen molar-refractivity contribution in [1.82, 2.24) is 20.3 Å². The molecule has 0 aliphatic heterocycles. The molecule has 0 aromatic carbocycles. The zero-order valence-electron chi connectivity index (χ0n) is 17.1. The average molecular weight is 383 g/mol. The molecule has 0 fully saturated rings. The number of amides is 1. The smallest absolute Gasteiger partial charge is 0.239 e. The van der Waals surface area contributed by atoms with E-state index in [1.54, 1.807) is 6.20 Å². The number of nitrogens with zero attached hydrogens (tertiary/aromatic N) is 4. The second kappa shape index (κ2) is 8.22. The first-order valence-corrected chi connectivity index (χ1v) is 9.75. The van der Waals surface area contributed by atoms with Crippen LogP contribution in [0.5, 0.6) is 0 Å². The van der Waals surface area contributed by atoms with Crippen LogP contribution in [0, 0.1) is 0 Å². The highest BCUT2D eigenvalue weighted by Crippen LogP contribution is 2.30. The van der Waals surface area contributed by atoms with E-state index < -0.39 is 0 Å². The normalized spacial score (nSPS) is 13.3. The van der Waals surface area contributed by atoms with Crippen LogP contribution in [0.2, 0.25) is 0 Å². The number of rotatable bonds is 6. The first kappa shape index (κ1) is 20.2. The summed E-state index contributed by atoms with van der Waals surface area (Å²) in [5.41, 5.74) is 3.58. The predicted octanol–water partition coefficient (Wildman–Crippen LogP) is 1.91. The molecule has 150 valence electrons. The van der Waals surface area contributed by atoms with Gasteiger partial charge in [-0.05, 0) is 64.2 Å². The van der Waals surface area contributed by atoms with Crippen LogP contribution >= 0.6 is 0 Å². The zero-order chi connectivity index (χ0) is 20.3. The van der Waals surface area contributed by atoms with Crippen molar-refractivity contribution in [3.63, 3.8) is 0 Å². The van der Waals surface area contributed by atoms with Crippen molar-refractivity contribution >= 4 is 11.7 Å². The minimum atomic E-state index is -0.270.